The Labute approximate surface area is 217 Å². The van der Waals surface area contributed by atoms with Gasteiger partial charge in [-0.3, -0.25) is 14.4 Å². The third-order valence-electron chi connectivity index (χ3n) is 7.91. The molecule has 3 aromatic rings. The number of nitrogens with two attached hydrogens (primary N) is 1. The van der Waals surface area contributed by atoms with Crippen molar-refractivity contribution in [3.63, 3.8) is 0 Å². The van der Waals surface area contributed by atoms with Gasteiger partial charge in [-0.1, -0.05) is 84.9 Å². The lowest BCUT2D eigenvalue weighted by Crippen LogP contribution is -2.50. The molecule has 3 aromatic carbocycles. The van der Waals surface area contributed by atoms with E-state index in [0.717, 1.165) is 22.3 Å². The Morgan fingerprint density at radius 2 is 1.49 bits per heavy atom. The molecule has 1 aliphatic heterocycles. The average molecular weight is 497 g/mol. The minimum Gasteiger partial charge on any atom is -0.460 e. The van der Waals surface area contributed by atoms with E-state index in [0.29, 0.717) is 45.2 Å². The van der Waals surface area contributed by atoms with Gasteiger partial charge in [0.15, 0.2) is 0 Å². The highest BCUT2D eigenvalue weighted by molar-refractivity contribution is 5.87. The third kappa shape index (κ3) is 5.01. The molecule has 0 radical (unpaired) electrons. The van der Waals surface area contributed by atoms with Crippen molar-refractivity contribution in [1.82, 2.24) is 4.90 Å². The van der Waals surface area contributed by atoms with Gasteiger partial charge in [-0.25, -0.2) is 0 Å². The standard InChI is InChI=1S/C31H32N2O4/c32-29(35)28-25-14-8-7-11-23(25)21-26(28)37-30(36)31(24-12-5-2-6-13-24)17-19-33(20-18-31)27(34)16-15-22-9-3-1-4-10-22/h1-14,26,28H,15-21H2,(H2,32,35). The van der Waals surface area contributed by atoms with Crippen molar-refractivity contribution in [3.05, 3.63) is 107 Å². The van der Waals surface area contributed by atoms with Gasteiger partial charge in [0.2, 0.25) is 11.8 Å². The molecule has 1 heterocycles. The molecule has 2 unspecified atom stereocenters. The first-order valence-corrected chi connectivity index (χ1v) is 12.9. The third-order valence-corrected chi connectivity index (χ3v) is 7.91. The fourth-order valence-corrected chi connectivity index (χ4v) is 5.81. The van der Waals surface area contributed by atoms with Crippen molar-refractivity contribution in [1.29, 1.82) is 0 Å². The summed E-state index contributed by atoms with van der Waals surface area (Å²) in [5.74, 6) is -1.40. The van der Waals surface area contributed by atoms with E-state index in [1.807, 2.05) is 89.8 Å². The summed E-state index contributed by atoms with van der Waals surface area (Å²) in [5, 5.41) is 0. The Morgan fingerprint density at radius 3 is 2.16 bits per heavy atom. The zero-order valence-corrected chi connectivity index (χ0v) is 20.8. The summed E-state index contributed by atoms with van der Waals surface area (Å²) in [4.78, 5) is 41.1. The maximum Gasteiger partial charge on any atom is 0.317 e. The van der Waals surface area contributed by atoms with Gasteiger partial charge < -0.3 is 15.4 Å². The largest absolute Gasteiger partial charge is 0.460 e. The molecule has 5 rings (SSSR count). The van der Waals surface area contributed by atoms with Crippen molar-refractivity contribution in [2.24, 2.45) is 5.73 Å². The van der Waals surface area contributed by atoms with Crippen LogP contribution >= 0.6 is 0 Å². The van der Waals surface area contributed by atoms with Crippen LogP contribution in [0, 0.1) is 0 Å². The van der Waals surface area contributed by atoms with Gasteiger partial charge in [-0.2, -0.15) is 0 Å². The van der Waals surface area contributed by atoms with E-state index in [-0.39, 0.29) is 11.9 Å². The second-order valence-electron chi connectivity index (χ2n) is 10.0. The number of ether oxygens (including phenoxy) is 1. The number of fused-ring (bicyclic) bond motifs is 1. The monoisotopic (exact) mass is 496 g/mol. The maximum atomic E-state index is 13.9. The van der Waals surface area contributed by atoms with Crippen molar-refractivity contribution < 1.29 is 19.1 Å². The van der Waals surface area contributed by atoms with Crippen LogP contribution in [-0.2, 0) is 37.4 Å². The molecule has 6 heteroatoms. The van der Waals surface area contributed by atoms with Gasteiger partial charge in [0, 0.05) is 25.9 Å². The molecule has 2 amide bonds. The van der Waals surface area contributed by atoms with E-state index in [1.165, 1.54) is 0 Å². The highest BCUT2D eigenvalue weighted by atomic mass is 16.5. The Kier molecular flexibility index (Phi) is 7.08. The molecule has 2 aliphatic rings. The molecule has 0 bridgehead atoms. The number of carbonyl (C=O) groups is 3. The number of carbonyl (C=O) groups excluding carboxylic acids is 3. The van der Waals surface area contributed by atoms with E-state index in [9.17, 15) is 14.4 Å². The normalized spacial score (nSPS) is 20.2. The van der Waals surface area contributed by atoms with Crippen molar-refractivity contribution in [2.45, 2.75) is 49.5 Å². The summed E-state index contributed by atoms with van der Waals surface area (Å²) in [6.45, 7) is 0.948. The molecular formula is C31H32N2O4. The van der Waals surface area contributed by atoms with Crippen LogP contribution in [0.25, 0.3) is 0 Å². The van der Waals surface area contributed by atoms with E-state index in [2.05, 4.69) is 0 Å². The van der Waals surface area contributed by atoms with Crippen molar-refractivity contribution >= 4 is 17.8 Å². The summed E-state index contributed by atoms with van der Waals surface area (Å²) in [6.07, 6.45) is 1.90. The number of esters is 1. The van der Waals surface area contributed by atoms with Crippen LogP contribution in [0.4, 0.5) is 0 Å². The number of amides is 2. The maximum absolute atomic E-state index is 13.9. The molecule has 37 heavy (non-hydrogen) atoms. The highest BCUT2D eigenvalue weighted by Crippen LogP contribution is 2.41. The second kappa shape index (κ2) is 10.6. The average Bonchev–Trinajstić information content (AvgIpc) is 3.31. The van der Waals surface area contributed by atoms with Gasteiger partial charge >= 0.3 is 5.97 Å². The molecule has 0 saturated carbocycles. The summed E-state index contributed by atoms with van der Waals surface area (Å²) in [5.41, 5.74) is 8.70. The zero-order chi connectivity index (χ0) is 25.8. The number of piperidine rings is 1. The summed E-state index contributed by atoms with van der Waals surface area (Å²) in [7, 11) is 0. The fourth-order valence-electron chi connectivity index (χ4n) is 5.81. The predicted octanol–water partition coefficient (Wildman–Crippen LogP) is 3.92. The summed E-state index contributed by atoms with van der Waals surface area (Å²) in [6, 6.07) is 27.2. The first-order valence-electron chi connectivity index (χ1n) is 12.9. The fraction of sp³-hybridized carbons (Fsp3) is 0.323. The lowest BCUT2D eigenvalue weighted by atomic mass is 9.72. The molecule has 2 atom stereocenters. The van der Waals surface area contributed by atoms with E-state index < -0.39 is 23.3 Å². The van der Waals surface area contributed by atoms with Crippen molar-refractivity contribution in [3.8, 4) is 0 Å². The molecule has 1 fully saturated rings. The molecule has 6 nitrogen and oxygen atoms in total. The van der Waals surface area contributed by atoms with Gasteiger partial charge in [0.1, 0.15) is 12.0 Å². The predicted molar refractivity (Wildman–Crippen MR) is 141 cm³/mol. The van der Waals surface area contributed by atoms with Crippen LogP contribution < -0.4 is 5.73 Å². The van der Waals surface area contributed by atoms with E-state index in [1.54, 1.807) is 0 Å². The van der Waals surface area contributed by atoms with Crippen LogP contribution in [0.2, 0.25) is 0 Å². The topological polar surface area (TPSA) is 89.7 Å². The number of benzene rings is 3. The summed E-state index contributed by atoms with van der Waals surface area (Å²) < 4.78 is 6.12. The Bertz CT molecular complexity index is 1270. The number of nitrogens with zero attached hydrogens (tertiary/aromatic N) is 1. The number of aryl methyl sites for hydroxylation is 1. The van der Waals surface area contributed by atoms with E-state index in [4.69, 9.17) is 10.5 Å². The Hall–Kier alpha value is -3.93. The molecule has 1 saturated heterocycles. The number of likely N-dealkylation sites (tertiary alicyclic amines) is 1. The minimum absolute atomic E-state index is 0.0962. The Balaban J connectivity index is 1.31. The lowest BCUT2D eigenvalue weighted by molar-refractivity contribution is -0.161. The number of hydrogen-bond acceptors (Lipinski definition) is 4. The molecular weight excluding hydrogens is 464 g/mol. The molecule has 0 spiro atoms. The van der Waals surface area contributed by atoms with Crippen LogP contribution in [0.15, 0.2) is 84.9 Å². The molecule has 2 N–H and O–H groups in total. The smallest absolute Gasteiger partial charge is 0.317 e. The molecule has 1 aliphatic carbocycles. The minimum atomic E-state index is -0.881. The summed E-state index contributed by atoms with van der Waals surface area (Å²) >= 11 is 0. The van der Waals surface area contributed by atoms with Crippen LogP contribution in [0.5, 0.6) is 0 Å². The van der Waals surface area contributed by atoms with Crippen LogP contribution in [0.1, 0.15) is 47.4 Å². The lowest BCUT2D eigenvalue weighted by Gasteiger charge is -2.41. The quantitative estimate of drug-likeness (QED) is 0.502. The van der Waals surface area contributed by atoms with Gasteiger partial charge in [-0.15, -0.1) is 0 Å². The van der Waals surface area contributed by atoms with Crippen LogP contribution in [0.3, 0.4) is 0 Å². The zero-order valence-electron chi connectivity index (χ0n) is 20.8. The van der Waals surface area contributed by atoms with Gasteiger partial charge in [0.05, 0.1) is 5.41 Å². The highest BCUT2D eigenvalue weighted by Gasteiger charge is 2.48. The first-order chi connectivity index (χ1) is 18.0. The van der Waals surface area contributed by atoms with Gasteiger partial charge in [0.25, 0.3) is 0 Å². The molecule has 0 aromatic heterocycles. The van der Waals surface area contributed by atoms with Crippen molar-refractivity contribution in [2.75, 3.05) is 13.1 Å². The number of hydrogen-bond donors (Lipinski definition) is 1. The number of rotatable bonds is 7. The molecule has 190 valence electrons. The van der Waals surface area contributed by atoms with E-state index >= 15 is 0 Å². The SMILES string of the molecule is NC(=O)C1c2ccccc2CC1OC(=O)C1(c2ccccc2)CCN(C(=O)CCc2ccccc2)CC1. The Morgan fingerprint density at radius 1 is 0.865 bits per heavy atom. The van der Waals surface area contributed by atoms with Gasteiger partial charge in [-0.05, 0) is 41.5 Å². The van der Waals surface area contributed by atoms with Crippen LogP contribution in [-0.4, -0.2) is 41.9 Å². The number of primary amides is 1. The second-order valence-corrected chi connectivity index (χ2v) is 10.0. The first kappa shape index (κ1) is 24.8.